The third kappa shape index (κ3) is 3.51. The van der Waals surface area contributed by atoms with Crippen LogP contribution in [0.1, 0.15) is 48.2 Å². The van der Waals surface area contributed by atoms with Gasteiger partial charge in [-0.1, -0.05) is 30.3 Å². The van der Waals surface area contributed by atoms with Crippen LogP contribution in [0, 0.1) is 0 Å². The monoisotopic (exact) mass is 323 g/mol. The van der Waals surface area contributed by atoms with Crippen molar-refractivity contribution in [3.05, 3.63) is 65.2 Å². The molecule has 0 aliphatic carbocycles. The molecule has 1 heterocycles. The van der Waals surface area contributed by atoms with Crippen LogP contribution in [0.4, 0.5) is 5.69 Å². The Morgan fingerprint density at radius 1 is 1.25 bits per heavy atom. The van der Waals surface area contributed by atoms with Crippen molar-refractivity contribution in [1.29, 1.82) is 0 Å². The summed E-state index contributed by atoms with van der Waals surface area (Å²) in [7, 11) is 0. The number of rotatable bonds is 4. The summed E-state index contributed by atoms with van der Waals surface area (Å²) < 4.78 is 0. The minimum absolute atomic E-state index is 0.0664. The van der Waals surface area contributed by atoms with Gasteiger partial charge in [-0.15, -0.1) is 0 Å². The highest BCUT2D eigenvalue weighted by Crippen LogP contribution is 2.33. The number of hydrogen-bond acceptors (Lipinski definition) is 2. The van der Waals surface area contributed by atoms with Gasteiger partial charge in [0, 0.05) is 17.3 Å². The molecule has 3 nitrogen and oxygen atoms in total. The molecule has 0 fully saturated rings. The Kier molecular flexibility index (Phi) is 5.00. The van der Waals surface area contributed by atoms with Crippen LogP contribution in [0.2, 0.25) is 0 Å². The lowest BCUT2D eigenvalue weighted by Crippen LogP contribution is -2.42. The lowest BCUT2D eigenvalue weighted by atomic mass is 9.93. The van der Waals surface area contributed by atoms with E-state index in [9.17, 15) is 9.90 Å². The number of nitrogens with zero attached hydrogens (tertiary/aromatic N) is 1. The number of aryl methyl sites for hydroxylation is 2. The second-order valence-corrected chi connectivity index (χ2v) is 6.78. The summed E-state index contributed by atoms with van der Waals surface area (Å²) in [5.74, 6) is 0.0664. The van der Waals surface area contributed by atoms with Crippen molar-refractivity contribution >= 4 is 11.6 Å². The van der Waals surface area contributed by atoms with Crippen LogP contribution in [0.25, 0.3) is 0 Å². The van der Waals surface area contributed by atoms with Crippen molar-refractivity contribution in [3.63, 3.8) is 0 Å². The second kappa shape index (κ2) is 7.18. The average molecular weight is 323 g/mol. The standard InChI is InChI=1S/C21H25NO2/c1-15-8-12-18-13-11-17(10-9-16(2)23)14-20(18)22(15)21(24)19-6-4-3-5-7-19/h3-7,11,13-16,23H,8-10,12H2,1-2H3/t15-,16-/m0/s1. The van der Waals surface area contributed by atoms with Gasteiger partial charge < -0.3 is 10.0 Å². The van der Waals surface area contributed by atoms with Gasteiger partial charge in [0.1, 0.15) is 0 Å². The molecule has 3 heteroatoms. The van der Waals surface area contributed by atoms with Gasteiger partial charge in [0.15, 0.2) is 0 Å². The van der Waals surface area contributed by atoms with Crippen molar-refractivity contribution in [1.82, 2.24) is 0 Å². The van der Waals surface area contributed by atoms with Crippen LogP contribution >= 0.6 is 0 Å². The molecule has 126 valence electrons. The number of carbonyl (C=O) groups is 1. The molecule has 0 unspecified atom stereocenters. The maximum Gasteiger partial charge on any atom is 0.258 e. The minimum atomic E-state index is -0.304. The molecule has 0 saturated heterocycles. The van der Waals surface area contributed by atoms with Gasteiger partial charge in [-0.2, -0.15) is 0 Å². The first kappa shape index (κ1) is 16.7. The van der Waals surface area contributed by atoms with Crippen molar-refractivity contribution in [2.45, 2.75) is 51.7 Å². The van der Waals surface area contributed by atoms with Crippen LogP contribution in [-0.4, -0.2) is 23.2 Å². The molecule has 2 aromatic carbocycles. The summed E-state index contributed by atoms with van der Waals surface area (Å²) in [4.78, 5) is 15.0. The smallest absolute Gasteiger partial charge is 0.258 e. The van der Waals surface area contributed by atoms with Crippen molar-refractivity contribution in [3.8, 4) is 0 Å². The molecule has 1 aliphatic rings. The first-order valence-electron chi connectivity index (χ1n) is 8.74. The number of carbonyl (C=O) groups excluding carboxylic acids is 1. The minimum Gasteiger partial charge on any atom is -0.393 e. The van der Waals surface area contributed by atoms with E-state index in [2.05, 4.69) is 25.1 Å². The van der Waals surface area contributed by atoms with Gasteiger partial charge >= 0.3 is 0 Å². The lowest BCUT2D eigenvalue weighted by Gasteiger charge is -2.36. The number of aliphatic hydroxyl groups is 1. The summed E-state index contributed by atoms with van der Waals surface area (Å²) >= 11 is 0. The Morgan fingerprint density at radius 3 is 2.71 bits per heavy atom. The maximum atomic E-state index is 13.0. The van der Waals surface area contributed by atoms with E-state index in [0.29, 0.717) is 0 Å². The molecule has 0 bridgehead atoms. The Labute approximate surface area is 143 Å². The van der Waals surface area contributed by atoms with Gasteiger partial charge in [0.2, 0.25) is 0 Å². The molecule has 0 aromatic heterocycles. The van der Waals surface area contributed by atoms with E-state index in [1.165, 1.54) is 11.1 Å². The van der Waals surface area contributed by atoms with Crippen molar-refractivity contribution < 1.29 is 9.90 Å². The van der Waals surface area contributed by atoms with E-state index >= 15 is 0 Å². The van der Waals surface area contributed by atoms with Crippen LogP contribution in [0.3, 0.4) is 0 Å². The molecule has 0 spiro atoms. The molecule has 2 atom stereocenters. The molecule has 1 aliphatic heterocycles. The van der Waals surface area contributed by atoms with E-state index in [1.807, 2.05) is 42.2 Å². The zero-order valence-electron chi connectivity index (χ0n) is 14.4. The zero-order chi connectivity index (χ0) is 17.1. The quantitative estimate of drug-likeness (QED) is 0.924. The SMILES string of the molecule is C[C@H](O)CCc1ccc2c(c1)N(C(=O)c1ccccc1)[C@@H](C)CC2. The van der Waals surface area contributed by atoms with E-state index in [0.717, 1.165) is 36.9 Å². The topological polar surface area (TPSA) is 40.5 Å². The number of hydrogen-bond donors (Lipinski definition) is 1. The summed E-state index contributed by atoms with van der Waals surface area (Å²) in [5.41, 5.74) is 4.17. The Bertz CT molecular complexity index is 709. The zero-order valence-corrected chi connectivity index (χ0v) is 14.4. The molecule has 2 aromatic rings. The summed E-state index contributed by atoms with van der Waals surface area (Å²) in [6.45, 7) is 3.93. The number of anilines is 1. The molecular formula is C21H25NO2. The van der Waals surface area contributed by atoms with E-state index in [-0.39, 0.29) is 18.1 Å². The first-order chi connectivity index (χ1) is 11.6. The summed E-state index contributed by atoms with van der Waals surface area (Å²) in [5, 5.41) is 9.52. The highest BCUT2D eigenvalue weighted by atomic mass is 16.3. The van der Waals surface area contributed by atoms with Crippen molar-refractivity contribution in [2.24, 2.45) is 0 Å². The van der Waals surface area contributed by atoms with Gasteiger partial charge in [0.25, 0.3) is 5.91 Å². The maximum absolute atomic E-state index is 13.0. The first-order valence-corrected chi connectivity index (χ1v) is 8.74. The molecule has 0 radical (unpaired) electrons. The molecule has 24 heavy (non-hydrogen) atoms. The molecule has 3 rings (SSSR count). The third-order valence-electron chi connectivity index (χ3n) is 4.77. The van der Waals surface area contributed by atoms with Crippen molar-refractivity contribution in [2.75, 3.05) is 4.90 Å². The molecule has 1 amide bonds. The van der Waals surface area contributed by atoms with E-state index in [4.69, 9.17) is 0 Å². The Hall–Kier alpha value is -2.13. The molecule has 1 N–H and O–H groups in total. The molecule has 0 saturated carbocycles. The fraction of sp³-hybridized carbons (Fsp3) is 0.381. The highest BCUT2D eigenvalue weighted by Gasteiger charge is 2.29. The van der Waals surface area contributed by atoms with Gasteiger partial charge in [0.05, 0.1) is 6.10 Å². The van der Waals surface area contributed by atoms with Crippen LogP contribution in [0.5, 0.6) is 0 Å². The number of benzene rings is 2. The molecular weight excluding hydrogens is 298 g/mol. The van der Waals surface area contributed by atoms with Crippen LogP contribution < -0.4 is 4.90 Å². The second-order valence-electron chi connectivity index (χ2n) is 6.78. The number of amides is 1. The third-order valence-corrected chi connectivity index (χ3v) is 4.77. The average Bonchev–Trinajstić information content (AvgIpc) is 2.60. The van der Waals surface area contributed by atoms with Crippen LogP contribution in [-0.2, 0) is 12.8 Å². The summed E-state index contributed by atoms with van der Waals surface area (Å²) in [6, 6.07) is 16.1. The Morgan fingerprint density at radius 2 is 2.00 bits per heavy atom. The van der Waals surface area contributed by atoms with Gasteiger partial charge in [-0.25, -0.2) is 0 Å². The summed E-state index contributed by atoms with van der Waals surface area (Å²) in [6.07, 6.45) is 3.25. The largest absolute Gasteiger partial charge is 0.393 e. The predicted molar refractivity (Wildman–Crippen MR) is 97.5 cm³/mol. The van der Waals surface area contributed by atoms with Crippen LogP contribution in [0.15, 0.2) is 48.5 Å². The lowest BCUT2D eigenvalue weighted by molar-refractivity contribution is 0.0975. The van der Waals surface area contributed by atoms with Gasteiger partial charge in [-0.05, 0) is 68.9 Å². The predicted octanol–water partition coefficient (Wildman–Crippen LogP) is 3.98. The van der Waals surface area contributed by atoms with E-state index < -0.39 is 0 Å². The van der Waals surface area contributed by atoms with E-state index in [1.54, 1.807) is 0 Å². The highest BCUT2D eigenvalue weighted by molar-refractivity contribution is 6.07. The Balaban J connectivity index is 1.93. The normalized spacial score (nSPS) is 18.1. The number of fused-ring (bicyclic) bond motifs is 1. The van der Waals surface area contributed by atoms with Gasteiger partial charge in [-0.3, -0.25) is 4.79 Å². The number of aliphatic hydroxyl groups excluding tert-OH is 1. The fourth-order valence-corrected chi connectivity index (χ4v) is 3.34. The fourth-order valence-electron chi connectivity index (χ4n) is 3.34.